The van der Waals surface area contributed by atoms with Crippen LogP contribution in [0.25, 0.3) is 27.8 Å². The molecule has 1 amide bonds. The van der Waals surface area contributed by atoms with Gasteiger partial charge in [-0.3, -0.25) is 9.59 Å². The molecule has 0 unspecified atom stereocenters. The first-order valence-corrected chi connectivity index (χ1v) is 11.8. The second-order valence-electron chi connectivity index (χ2n) is 9.09. The molecule has 2 fully saturated rings. The Bertz CT molecular complexity index is 1500. The zero-order valence-corrected chi connectivity index (χ0v) is 19.4. The molecule has 2 heterocycles. The highest BCUT2D eigenvalue weighted by molar-refractivity contribution is 5.97. The molecular formula is C28H25N3O5. The molecule has 182 valence electrons. The molecule has 4 aromatic rings. The minimum absolute atomic E-state index is 0.150. The normalized spacial score (nSPS) is 14.6. The van der Waals surface area contributed by atoms with Crippen LogP contribution in [-0.4, -0.2) is 37.9 Å². The largest absolute Gasteiger partial charge is 0.503 e. The van der Waals surface area contributed by atoms with Crippen molar-refractivity contribution in [2.75, 3.05) is 0 Å². The molecule has 36 heavy (non-hydrogen) atoms. The molecule has 0 aliphatic heterocycles. The van der Waals surface area contributed by atoms with Crippen molar-refractivity contribution in [2.45, 2.75) is 37.6 Å². The van der Waals surface area contributed by atoms with E-state index in [0.717, 1.165) is 35.6 Å². The fourth-order valence-electron chi connectivity index (χ4n) is 4.21. The summed E-state index contributed by atoms with van der Waals surface area (Å²) in [6, 6.07) is 20.5. The van der Waals surface area contributed by atoms with Gasteiger partial charge in [-0.1, -0.05) is 36.4 Å². The first-order chi connectivity index (χ1) is 17.4. The van der Waals surface area contributed by atoms with Crippen molar-refractivity contribution >= 4 is 23.1 Å². The van der Waals surface area contributed by atoms with E-state index >= 15 is 0 Å². The quantitative estimate of drug-likeness (QED) is 0.365. The van der Waals surface area contributed by atoms with Crippen LogP contribution in [0.4, 0.5) is 4.79 Å². The Morgan fingerprint density at radius 1 is 0.917 bits per heavy atom. The van der Waals surface area contributed by atoms with E-state index in [-0.39, 0.29) is 22.9 Å². The van der Waals surface area contributed by atoms with Crippen molar-refractivity contribution in [1.29, 1.82) is 0 Å². The Kier molecular flexibility index (Phi) is 6.25. The van der Waals surface area contributed by atoms with Gasteiger partial charge < -0.3 is 20.1 Å². The number of nitrogens with one attached hydrogen (secondary N) is 1. The van der Waals surface area contributed by atoms with Crippen molar-refractivity contribution in [3.8, 4) is 16.8 Å². The van der Waals surface area contributed by atoms with Crippen molar-refractivity contribution in [2.24, 2.45) is 0 Å². The Morgan fingerprint density at radius 2 is 1.64 bits per heavy atom. The minimum Gasteiger partial charge on any atom is -0.450 e. The third-order valence-electron chi connectivity index (χ3n) is 6.34. The number of nitrogens with zero attached hydrogens (tertiary/aromatic N) is 2. The van der Waals surface area contributed by atoms with Crippen LogP contribution >= 0.6 is 0 Å². The summed E-state index contributed by atoms with van der Waals surface area (Å²) in [5.41, 5.74) is 4.90. The van der Waals surface area contributed by atoms with Gasteiger partial charge in [-0.2, -0.15) is 0 Å². The fourth-order valence-corrected chi connectivity index (χ4v) is 4.21. The summed E-state index contributed by atoms with van der Waals surface area (Å²) in [6.45, 7) is 0. The molecule has 8 heteroatoms. The van der Waals surface area contributed by atoms with Crippen LogP contribution in [0, 0.1) is 0 Å². The number of aromatic nitrogens is 2. The molecule has 6 rings (SSSR count). The lowest BCUT2D eigenvalue weighted by molar-refractivity contribution is 0.0949. The number of carboxylic acid groups (broad SMARTS) is 2. The molecular weight excluding hydrogens is 458 g/mol. The monoisotopic (exact) mass is 483 g/mol. The Morgan fingerprint density at radius 3 is 2.31 bits per heavy atom. The van der Waals surface area contributed by atoms with Crippen LogP contribution in [0.2, 0.25) is 0 Å². The predicted molar refractivity (Wildman–Crippen MR) is 136 cm³/mol. The van der Waals surface area contributed by atoms with E-state index < -0.39 is 6.16 Å². The molecule has 0 bridgehead atoms. The zero-order valence-electron chi connectivity index (χ0n) is 19.4. The van der Waals surface area contributed by atoms with Crippen LogP contribution < -0.4 is 10.7 Å². The van der Waals surface area contributed by atoms with Gasteiger partial charge in [-0.25, -0.2) is 9.78 Å². The van der Waals surface area contributed by atoms with E-state index in [1.807, 2.05) is 16.7 Å². The molecule has 0 radical (unpaired) electrons. The summed E-state index contributed by atoms with van der Waals surface area (Å²) in [7, 11) is 0. The molecule has 2 aromatic carbocycles. The summed E-state index contributed by atoms with van der Waals surface area (Å²) in [6.07, 6.45) is 5.98. The van der Waals surface area contributed by atoms with Crippen LogP contribution in [0.15, 0.2) is 77.9 Å². The number of rotatable bonds is 5. The molecule has 2 saturated carbocycles. The molecule has 0 spiro atoms. The molecule has 0 saturated heterocycles. The van der Waals surface area contributed by atoms with Crippen LogP contribution in [-0.2, 0) is 0 Å². The van der Waals surface area contributed by atoms with Gasteiger partial charge >= 0.3 is 6.16 Å². The number of amides is 1. The maximum Gasteiger partial charge on any atom is 0.503 e. The van der Waals surface area contributed by atoms with Gasteiger partial charge in [0.1, 0.15) is 11.2 Å². The standard InChI is InChI=1S/C27H23N3O2.CH2O3/c31-25-23-5-2-14-28-26(23)30(16-24(25)27(32)29-21-12-13-21)22-4-1-3-20(15-22)19-10-8-18(9-11-19)17-6-7-17;2-1(3)4/h1-5,8-11,14-17,21H,6-7,12-13H2,(H,29,32);(H2,2,3,4). The van der Waals surface area contributed by atoms with Gasteiger partial charge in [0.25, 0.3) is 5.91 Å². The summed E-state index contributed by atoms with van der Waals surface area (Å²) < 4.78 is 1.85. The van der Waals surface area contributed by atoms with E-state index in [1.165, 1.54) is 18.4 Å². The smallest absolute Gasteiger partial charge is 0.450 e. The zero-order chi connectivity index (χ0) is 25.2. The maximum atomic E-state index is 13.0. The lowest BCUT2D eigenvalue weighted by Crippen LogP contribution is -2.31. The average molecular weight is 484 g/mol. The SMILES string of the molecule is O=C(NC1CC1)c1cn(-c2cccc(-c3ccc(C4CC4)cc3)c2)c2ncccc2c1=O.O=C(O)O. The molecule has 3 N–H and O–H groups in total. The van der Waals surface area contributed by atoms with Gasteiger partial charge in [0, 0.05) is 24.1 Å². The predicted octanol–water partition coefficient (Wildman–Crippen LogP) is 5.04. The van der Waals surface area contributed by atoms with Gasteiger partial charge in [0.15, 0.2) is 0 Å². The van der Waals surface area contributed by atoms with Gasteiger partial charge in [0.2, 0.25) is 5.43 Å². The molecule has 8 nitrogen and oxygen atoms in total. The number of carbonyl (C=O) groups is 2. The van der Waals surface area contributed by atoms with E-state index in [9.17, 15) is 9.59 Å². The average Bonchev–Trinajstić information content (AvgIpc) is 3.80. The molecule has 2 aliphatic carbocycles. The first kappa shape index (κ1) is 23.3. The van der Waals surface area contributed by atoms with Crippen molar-refractivity contribution in [3.63, 3.8) is 0 Å². The number of fused-ring (bicyclic) bond motifs is 1. The summed E-state index contributed by atoms with van der Waals surface area (Å²) in [5, 5.41) is 17.3. The second-order valence-corrected chi connectivity index (χ2v) is 9.09. The van der Waals surface area contributed by atoms with E-state index in [0.29, 0.717) is 11.0 Å². The number of hydrogen-bond donors (Lipinski definition) is 3. The maximum absolute atomic E-state index is 13.0. The second kappa shape index (κ2) is 9.65. The number of carbonyl (C=O) groups excluding carboxylic acids is 1. The van der Waals surface area contributed by atoms with E-state index in [4.69, 9.17) is 15.0 Å². The first-order valence-electron chi connectivity index (χ1n) is 11.8. The lowest BCUT2D eigenvalue weighted by atomic mass is 10.0. The van der Waals surface area contributed by atoms with Gasteiger partial charge in [0.05, 0.1) is 5.39 Å². The van der Waals surface area contributed by atoms with Crippen LogP contribution in [0.1, 0.15) is 47.5 Å². The van der Waals surface area contributed by atoms with Gasteiger partial charge in [-0.05, 0) is 72.6 Å². The number of pyridine rings is 2. The topological polar surface area (TPSA) is 122 Å². The third kappa shape index (κ3) is 5.12. The van der Waals surface area contributed by atoms with E-state index in [1.54, 1.807) is 24.5 Å². The fraction of sp³-hybridized carbons (Fsp3) is 0.214. The van der Waals surface area contributed by atoms with Crippen molar-refractivity contribution in [3.05, 3.63) is 94.4 Å². The number of benzene rings is 2. The Hall–Kier alpha value is -4.46. The summed E-state index contributed by atoms with van der Waals surface area (Å²) in [4.78, 5) is 38.8. The Labute approximate surface area is 206 Å². The highest BCUT2D eigenvalue weighted by Crippen LogP contribution is 2.40. The highest BCUT2D eigenvalue weighted by Gasteiger charge is 2.26. The lowest BCUT2D eigenvalue weighted by Gasteiger charge is -2.14. The van der Waals surface area contributed by atoms with E-state index in [2.05, 4.69) is 46.7 Å². The van der Waals surface area contributed by atoms with Crippen molar-refractivity contribution in [1.82, 2.24) is 14.9 Å². The van der Waals surface area contributed by atoms with Gasteiger partial charge in [-0.15, -0.1) is 0 Å². The van der Waals surface area contributed by atoms with Crippen LogP contribution in [0.3, 0.4) is 0 Å². The Balaban J connectivity index is 0.000000623. The molecule has 0 atom stereocenters. The van der Waals surface area contributed by atoms with Crippen molar-refractivity contribution < 1.29 is 19.8 Å². The highest BCUT2D eigenvalue weighted by atomic mass is 16.6. The third-order valence-corrected chi connectivity index (χ3v) is 6.34. The molecule has 2 aromatic heterocycles. The minimum atomic E-state index is -1.83. The summed E-state index contributed by atoms with van der Waals surface area (Å²) in [5.74, 6) is 0.415. The molecule has 2 aliphatic rings. The van der Waals surface area contributed by atoms with Crippen LogP contribution in [0.5, 0.6) is 0 Å². The number of hydrogen-bond acceptors (Lipinski definition) is 4. The summed E-state index contributed by atoms with van der Waals surface area (Å²) >= 11 is 0.